The molecule has 1 aromatic rings. The minimum absolute atomic E-state index is 0.0530. The van der Waals surface area contributed by atoms with Gasteiger partial charge >= 0.3 is 0 Å². The molecule has 0 atom stereocenters. The highest BCUT2D eigenvalue weighted by atomic mass is 16.1. The van der Waals surface area contributed by atoms with Crippen LogP contribution in [0.15, 0.2) is 6.33 Å². The first-order chi connectivity index (χ1) is 9.65. The van der Waals surface area contributed by atoms with Gasteiger partial charge in [-0.15, -0.1) is 0 Å². The van der Waals surface area contributed by atoms with Crippen molar-refractivity contribution in [2.24, 2.45) is 0 Å². The van der Waals surface area contributed by atoms with Crippen LogP contribution in [-0.4, -0.2) is 42.1 Å². The van der Waals surface area contributed by atoms with Crippen LogP contribution >= 0.6 is 0 Å². The minimum Gasteiger partial charge on any atom is -0.373 e. The summed E-state index contributed by atoms with van der Waals surface area (Å²) in [4.78, 5) is 22.1. The van der Waals surface area contributed by atoms with Crippen LogP contribution in [-0.2, 0) is 11.2 Å². The molecule has 0 bridgehead atoms. The summed E-state index contributed by atoms with van der Waals surface area (Å²) in [6.07, 6.45) is 4.43. The monoisotopic (exact) mass is 277 g/mol. The molecule has 2 N–H and O–H groups in total. The van der Waals surface area contributed by atoms with Crippen LogP contribution < -0.4 is 15.5 Å². The third kappa shape index (κ3) is 3.18. The number of amides is 1. The van der Waals surface area contributed by atoms with Gasteiger partial charge in [0.15, 0.2) is 0 Å². The first-order valence-corrected chi connectivity index (χ1v) is 7.19. The Balaban J connectivity index is 2.09. The maximum absolute atomic E-state index is 11.1. The number of rotatable bonds is 4. The smallest absolute Gasteiger partial charge is 0.217 e. The van der Waals surface area contributed by atoms with Gasteiger partial charge in [0.1, 0.15) is 18.0 Å². The van der Waals surface area contributed by atoms with E-state index in [9.17, 15) is 4.79 Å². The Hall–Kier alpha value is -1.85. The lowest BCUT2D eigenvalue weighted by molar-refractivity contribution is -0.119. The predicted octanol–water partition coefficient (Wildman–Crippen LogP) is 1.19. The number of carbonyl (C=O) groups is 1. The van der Waals surface area contributed by atoms with E-state index >= 15 is 0 Å². The number of aromatic nitrogens is 2. The van der Waals surface area contributed by atoms with Gasteiger partial charge in [0.25, 0.3) is 0 Å². The molecule has 110 valence electrons. The van der Waals surface area contributed by atoms with Crippen molar-refractivity contribution in [1.29, 1.82) is 0 Å². The van der Waals surface area contributed by atoms with Crippen LogP contribution in [0.3, 0.4) is 0 Å². The molecule has 0 radical (unpaired) electrons. The molecule has 6 heteroatoms. The number of anilines is 2. The first kappa shape index (κ1) is 14.6. The van der Waals surface area contributed by atoms with Crippen molar-refractivity contribution >= 4 is 17.5 Å². The van der Waals surface area contributed by atoms with E-state index in [4.69, 9.17) is 0 Å². The van der Waals surface area contributed by atoms with Crippen molar-refractivity contribution in [3.05, 3.63) is 11.9 Å². The van der Waals surface area contributed by atoms with E-state index < -0.39 is 0 Å². The highest BCUT2D eigenvalue weighted by Gasteiger charge is 2.23. The first-order valence-electron chi connectivity index (χ1n) is 7.19. The molecule has 0 spiro atoms. The van der Waals surface area contributed by atoms with Gasteiger partial charge in [-0.2, -0.15) is 0 Å². The zero-order valence-electron chi connectivity index (χ0n) is 12.4. The highest BCUT2D eigenvalue weighted by Crippen LogP contribution is 2.26. The van der Waals surface area contributed by atoms with Crippen molar-refractivity contribution in [2.75, 3.05) is 30.4 Å². The van der Waals surface area contributed by atoms with E-state index in [1.807, 2.05) is 7.05 Å². The Morgan fingerprint density at radius 1 is 1.40 bits per heavy atom. The van der Waals surface area contributed by atoms with E-state index in [0.717, 1.165) is 49.6 Å². The summed E-state index contributed by atoms with van der Waals surface area (Å²) in [7, 11) is 1.88. The number of hydrogen-bond donors (Lipinski definition) is 2. The summed E-state index contributed by atoms with van der Waals surface area (Å²) >= 11 is 0. The Bertz CT molecular complexity index is 469. The van der Waals surface area contributed by atoms with E-state index in [1.54, 1.807) is 13.3 Å². The van der Waals surface area contributed by atoms with Crippen molar-refractivity contribution in [3.63, 3.8) is 0 Å². The molecular formula is C14H23N5O. The van der Waals surface area contributed by atoms with E-state index in [1.165, 1.54) is 0 Å². The van der Waals surface area contributed by atoms with Gasteiger partial charge in [-0.1, -0.05) is 6.92 Å². The number of hydrogen-bond acceptors (Lipinski definition) is 5. The average molecular weight is 277 g/mol. The SMILES string of the molecule is CCc1c(NC)ncnc1N1CCC(NC(C)=O)CC1. The van der Waals surface area contributed by atoms with Crippen molar-refractivity contribution < 1.29 is 4.79 Å². The standard InChI is InChI=1S/C14H23N5O/c1-4-12-13(15-3)16-9-17-14(12)19-7-5-11(6-8-19)18-10(2)20/h9,11H,4-8H2,1-3H3,(H,18,20)(H,15,16,17). The Morgan fingerprint density at radius 3 is 2.65 bits per heavy atom. The molecule has 2 rings (SSSR count). The maximum Gasteiger partial charge on any atom is 0.217 e. The second-order valence-electron chi connectivity index (χ2n) is 5.09. The Morgan fingerprint density at radius 2 is 2.10 bits per heavy atom. The number of nitrogens with zero attached hydrogens (tertiary/aromatic N) is 3. The summed E-state index contributed by atoms with van der Waals surface area (Å²) < 4.78 is 0. The van der Waals surface area contributed by atoms with Crippen LogP contribution in [0.4, 0.5) is 11.6 Å². The molecule has 1 saturated heterocycles. The van der Waals surface area contributed by atoms with Gasteiger partial charge in [0.2, 0.25) is 5.91 Å². The zero-order chi connectivity index (χ0) is 14.5. The molecule has 1 aliphatic rings. The molecule has 1 fully saturated rings. The second-order valence-corrected chi connectivity index (χ2v) is 5.09. The number of nitrogens with one attached hydrogen (secondary N) is 2. The molecule has 0 unspecified atom stereocenters. The van der Waals surface area contributed by atoms with Gasteiger partial charge in [0, 0.05) is 38.7 Å². The average Bonchev–Trinajstić information content (AvgIpc) is 2.46. The fraction of sp³-hybridized carbons (Fsp3) is 0.643. The van der Waals surface area contributed by atoms with Gasteiger partial charge in [-0.3, -0.25) is 4.79 Å². The third-order valence-electron chi connectivity index (χ3n) is 3.71. The zero-order valence-corrected chi connectivity index (χ0v) is 12.4. The van der Waals surface area contributed by atoms with Crippen molar-refractivity contribution in [2.45, 2.75) is 39.2 Å². The lowest BCUT2D eigenvalue weighted by atomic mass is 10.0. The molecule has 1 aromatic heterocycles. The van der Waals surface area contributed by atoms with Crippen molar-refractivity contribution in [1.82, 2.24) is 15.3 Å². The Kier molecular flexibility index (Phi) is 4.76. The molecule has 20 heavy (non-hydrogen) atoms. The van der Waals surface area contributed by atoms with Gasteiger partial charge in [-0.05, 0) is 19.3 Å². The maximum atomic E-state index is 11.1. The largest absolute Gasteiger partial charge is 0.373 e. The number of piperidine rings is 1. The van der Waals surface area contributed by atoms with Gasteiger partial charge in [-0.25, -0.2) is 9.97 Å². The van der Waals surface area contributed by atoms with Gasteiger partial charge < -0.3 is 15.5 Å². The quantitative estimate of drug-likeness (QED) is 0.865. The molecule has 1 amide bonds. The molecule has 6 nitrogen and oxygen atoms in total. The topological polar surface area (TPSA) is 70.2 Å². The highest BCUT2D eigenvalue weighted by molar-refractivity contribution is 5.73. The summed E-state index contributed by atoms with van der Waals surface area (Å²) in [5, 5.41) is 6.12. The Labute approximate surface area is 120 Å². The van der Waals surface area contributed by atoms with Crippen LogP contribution in [0.1, 0.15) is 32.3 Å². The molecule has 0 aromatic carbocycles. The van der Waals surface area contributed by atoms with Gasteiger partial charge in [0.05, 0.1) is 0 Å². The van der Waals surface area contributed by atoms with E-state index in [0.29, 0.717) is 6.04 Å². The molecule has 2 heterocycles. The summed E-state index contributed by atoms with van der Waals surface area (Å²) in [6.45, 7) is 5.52. The van der Waals surface area contributed by atoms with Crippen molar-refractivity contribution in [3.8, 4) is 0 Å². The summed E-state index contributed by atoms with van der Waals surface area (Å²) in [5.41, 5.74) is 1.16. The van der Waals surface area contributed by atoms with Crippen LogP contribution in [0.2, 0.25) is 0 Å². The van der Waals surface area contributed by atoms with Crippen LogP contribution in [0.5, 0.6) is 0 Å². The van der Waals surface area contributed by atoms with Crippen LogP contribution in [0.25, 0.3) is 0 Å². The van der Waals surface area contributed by atoms with E-state index in [-0.39, 0.29) is 5.91 Å². The number of carbonyl (C=O) groups excluding carboxylic acids is 1. The molecule has 0 aliphatic carbocycles. The lowest BCUT2D eigenvalue weighted by Crippen LogP contribution is -2.44. The minimum atomic E-state index is 0.0530. The predicted molar refractivity (Wildman–Crippen MR) is 80.0 cm³/mol. The lowest BCUT2D eigenvalue weighted by Gasteiger charge is -2.34. The summed E-state index contributed by atoms with van der Waals surface area (Å²) in [5.74, 6) is 1.98. The molecule has 0 saturated carbocycles. The van der Waals surface area contributed by atoms with Crippen LogP contribution in [0, 0.1) is 0 Å². The summed E-state index contributed by atoms with van der Waals surface area (Å²) in [6, 6.07) is 0.291. The molecular weight excluding hydrogens is 254 g/mol. The molecule has 1 aliphatic heterocycles. The van der Waals surface area contributed by atoms with E-state index in [2.05, 4.69) is 32.4 Å². The fourth-order valence-electron chi connectivity index (χ4n) is 2.74. The normalized spacial score (nSPS) is 16.1. The second kappa shape index (κ2) is 6.54. The third-order valence-corrected chi connectivity index (χ3v) is 3.71. The fourth-order valence-corrected chi connectivity index (χ4v) is 2.74.